The Kier molecular flexibility index (Phi) is 10.2. The molecule has 0 amide bonds. The molecule has 2 heterocycles. The van der Waals surface area contributed by atoms with E-state index in [4.69, 9.17) is 14.4 Å². The van der Waals surface area contributed by atoms with Crippen LogP contribution in [-0.2, 0) is 31.9 Å². The summed E-state index contributed by atoms with van der Waals surface area (Å²) in [6.45, 7) is 19.6. The van der Waals surface area contributed by atoms with Gasteiger partial charge in [-0.1, -0.05) is 131 Å². The maximum atomic E-state index is 11.1. The molecule has 284 valence electrons. The van der Waals surface area contributed by atoms with E-state index in [1.807, 2.05) is 18.3 Å². The molecule has 0 fully saturated rings. The summed E-state index contributed by atoms with van der Waals surface area (Å²) < 4.78 is 6.62. The predicted octanol–water partition coefficient (Wildman–Crippen LogP) is 13.4. The van der Waals surface area contributed by atoms with Crippen molar-refractivity contribution in [1.82, 2.24) is 9.97 Å². The average Bonchev–Trinajstić information content (AvgIpc) is 3.57. The molecule has 0 unspecified atom stereocenters. The SMILES string of the molecule is Cc1cc(-c2cc(-c3c(C)cc(C)cc3C)cc3oc(-c4cc(C(C)(C)C)ccc4O)nc23)[c-]c(-c2cccc3c(C(C)(C)c4ccccc4)ccnc23)c1.[Pt]. The molecule has 5 heteroatoms. The van der Waals surface area contributed by atoms with Crippen molar-refractivity contribution in [3.8, 4) is 50.6 Å². The largest absolute Gasteiger partial charge is 0.507 e. The second-order valence-electron chi connectivity index (χ2n) is 16.7. The number of phenols is 1. The third-order valence-corrected chi connectivity index (χ3v) is 11.1. The smallest absolute Gasteiger partial charge is 0.230 e. The summed E-state index contributed by atoms with van der Waals surface area (Å²) in [6.07, 6.45) is 1.93. The van der Waals surface area contributed by atoms with E-state index in [9.17, 15) is 5.11 Å². The Hall–Kier alpha value is -5.31. The third-order valence-electron chi connectivity index (χ3n) is 11.1. The van der Waals surface area contributed by atoms with Crippen LogP contribution in [0.15, 0.2) is 120 Å². The molecule has 0 saturated heterocycles. The monoisotopic (exact) mass is 914 g/mol. The molecule has 0 radical (unpaired) electrons. The molecule has 0 spiro atoms. The fourth-order valence-electron chi connectivity index (χ4n) is 8.26. The molecule has 0 atom stereocenters. The molecule has 8 aromatic rings. The van der Waals surface area contributed by atoms with Crippen molar-refractivity contribution in [3.05, 3.63) is 160 Å². The number of hydrogen-bond donors (Lipinski definition) is 1. The Labute approximate surface area is 345 Å². The van der Waals surface area contributed by atoms with Gasteiger partial charge in [0.05, 0.1) is 11.1 Å². The van der Waals surface area contributed by atoms with E-state index in [1.54, 1.807) is 6.07 Å². The van der Waals surface area contributed by atoms with Gasteiger partial charge in [-0.3, -0.25) is 4.98 Å². The number of aromatic hydroxyl groups is 1. The second kappa shape index (κ2) is 14.6. The zero-order valence-corrected chi connectivity index (χ0v) is 35.8. The second-order valence-corrected chi connectivity index (χ2v) is 16.7. The van der Waals surface area contributed by atoms with Crippen LogP contribution in [0.4, 0.5) is 0 Å². The molecule has 0 aliphatic rings. The number of benzene rings is 6. The molecule has 1 N–H and O–H groups in total. The summed E-state index contributed by atoms with van der Waals surface area (Å²) in [7, 11) is 0. The molecule has 0 saturated carbocycles. The first-order chi connectivity index (χ1) is 26.2. The predicted molar refractivity (Wildman–Crippen MR) is 228 cm³/mol. The maximum Gasteiger partial charge on any atom is 0.230 e. The summed E-state index contributed by atoms with van der Waals surface area (Å²) in [5, 5.41) is 12.2. The number of aromatic nitrogens is 2. The number of para-hydroxylation sites is 1. The minimum Gasteiger partial charge on any atom is -0.507 e. The maximum absolute atomic E-state index is 11.1. The van der Waals surface area contributed by atoms with Gasteiger partial charge in [-0.2, -0.15) is 0 Å². The Morgan fingerprint density at radius 1 is 0.625 bits per heavy atom. The summed E-state index contributed by atoms with van der Waals surface area (Å²) in [5.41, 5.74) is 16.9. The van der Waals surface area contributed by atoms with Gasteiger partial charge >= 0.3 is 0 Å². The van der Waals surface area contributed by atoms with Gasteiger partial charge in [-0.25, -0.2) is 4.98 Å². The van der Waals surface area contributed by atoms with E-state index in [2.05, 4.69) is 159 Å². The van der Waals surface area contributed by atoms with Crippen molar-refractivity contribution in [2.24, 2.45) is 0 Å². The van der Waals surface area contributed by atoms with Crippen LogP contribution in [0.5, 0.6) is 5.75 Å². The average molecular weight is 915 g/mol. The third kappa shape index (κ3) is 7.01. The fourth-order valence-corrected chi connectivity index (χ4v) is 8.26. The van der Waals surface area contributed by atoms with Crippen LogP contribution in [0.3, 0.4) is 0 Å². The molecule has 6 aromatic carbocycles. The van der Waals surface area contributed by atoms with E-state index in [0.717, 1.165) is 55.4 Å². The van der Waals surface area contributed by atoms with Crippen LogP contribution >= 0.6 is 0 Å². The number of pyridine rings is 1. The number of aryl methyl sites for hydroxylation is 4. The van der Waals surface area contributed by atoms with E-state index >= 15 is 0 Å². The van der Waals surface area contributed by atoms with Crippen molar-refractivity contribution < 1.29 is 30.6 Å². The van der Waals surface area contributed by atoms with Crippen molar-refractivity contribution >= 4 is 22.0 Å². The topological polar surface area (TPSA) is 59.2 Å². The molecular weight excluding hydrogens is 868 g/mol. The molecule has 0 bridgehead atoms. The van der Waals surface area contributed by atoms with Gasteiger partial charge in [0.1, 0.15) is 11.3 Å². The van der Waals surface area contributed by atoms with Crippen molar-refractivity contribution in [2.75, 3.05) is 0 Å². The van der Waals surface area contributed by atoms with E-state index in [0.29, 0.717) is 17.0 Å². The minimum atomic E-state index is -0.230. The Bertz CT molecular complexity index is 2750. The number of oxazole rings is 1. The number of phenolic OH excluding ortho intramolecular Hbond substituents is 1. The Morgan fingerprint density at radius 2 is 1.30 bits per heavy atom. The van der Waals surface area contributed by atoms with Crippen molar-refractivity contribution in [2.45, 2.75) is 73.1 Å². The van der Waals surface area contributed by atoms with Crippen LogP contribution in [0.1, 0.15) is 73.6 Å². The first-order valence-corrected chi connectivity index (χ1v) is 19.0. The molecule has 2 aromatic heterocycles. The molecule has 56 heavy (non-hydrogen) atoms. The van der Waals surface area contributed by atoms with Crippen LogP contribution in [0.2, 0.25) is 0 Å². The van der Waals surface area contributed by atoms with Crippen LogP contribution in [-0.4, -0.2) is 15.1 Å². The van der Waals surface area contributed by atoms with Gasteiger partial charge in [-0.15, -0.1) is 34.9 Å². The molecule has 0 aliphatic carbocycles. The van der Waals surface area contributed by atoms with Crippen molar-refractivity contribution in [3.63, 3.8) is 0 Å². The van der Waals surface area contributed by atoms with Gasteiger partial charge in [-0.05, 0) is 94.8 Å². The summed E-state index contributed by atoms with van der Waals surface area (Å²) in [5.74, 6) is 0.517. The Morgan fingerprint density at radius 3 is 2.00 bits per heavy atom. The number of rotatable bonds is 6. The van der Waals surface area contributed by atoms with Gasteiger partial charge < -0.3 is 9.52 Å². The molecule has 0 aliphatic heterocycles. The zero-order chi connectivity index (χ0) is 38.8. The van der Waals surface area contributed by atoms with Gasteiger partial charge in [0.2, 0.25) is 5.89 Å². The molecule has 4 nitrogen and oxygen atoms in total. The minimum absolute atomic E-state index is 0. The van der Waals surface area contributed by atoms with Crippen LogP contribution in [0, 0.1) is 33.8 Å². The first kappa shape index (κ1) is 38.9. The standard InChI is InChI=1S/C51H47N2O2.Pt/c1-30-22-32(3)46(33(4)23-30)36-27-41(48-45(28-36)55-49(53-48)42-29-38(50(5,6)7)18-19-44(42)54)35-25-31(2)24-34(26-35)39-16-13-17-40-43(20-21-52-47(39)40)51(8,9)37-14-11-10-12-15-37;/h10-25,27-29,54H,1-9H3;/q-1;. The molecular formula is C51H47N2O2Pt-. The Balaban J connectivity index is 0.00000480. The van der Waals surface area contributed by atoms with E-state index in [-0.39, 0.29) is 37.6 Å². The van der Waals surface area contributed by atoms with E-state index < -0.39 is 0 Å². The number of fused-ring (bicyclic) bond motifs is 2. The van der Waals surface area contributed by atoms with Crippen LogP contribution < -0.4 is 0 Å². The number of hydrogen-bond acceptors (Lipinski definition) is 4. The molecule has 8 rings (SSSR count). The zero-order valence-electron chi connectivity index (χ0n) is 33.5. The van der Waals surface area contributed by atoms with Gasteiger partial charge in [0.15, 0.2) is 0 Å². The quantitative estimate of drug-likeness (QED) is 0.169. The first-order valence-electron chi connectivity index (χ1n) is 19.0. The van der Waals surface area contributed by atoms with Crippen LogP contribution in [0.25, 0.3) is 66.8 Å². The summed E-state index contributed by atoms with van der Waals surface area (Å²) >= 11 is 0. The normalized spacial score (nSPS) is 11.9. The summed E-state index contributed by atoms with van der Waals surface area (Å²) in [6, 6.07) is 41.9. The fraction of sp³-hybridized carbons (Fsp3) is 0.216. The van der Waals surface area contributed by atoms with E-state index in [1.165, 1.54) is 33.4 Å². The van der Waals surface area contributed by atoms with Crippen molar-refractivity contribution in [1.29, 1.82) is 0 Å². The van der Waals surface area contributed by atoms with Gasteiger partial charge in [0, 0.05) is 38.2 Å². The van der Waals surface area contributed by atoms with Gasteiger partial charge in [0.25, 0.3) is 0 Å². The summed E-state index contributed by atoms with van der Waals surface area (Å²) in [4.78, 5) is 10.1. The number of nitrogens with zero attached hydrogens (tertiary/aromatic N) is 2.